The Bertz CT molecular complexity index is 430. The number of aliphatic hydroxyl groups is 2. The highest BCUT2D eigenvalue weighted by molar-refractivity contribution is 5.40. The van der Waals surface area contributed by atoms with Crippen molar-refractivity contribution in [3.8, 4) is 5.75 Å². The first kappa shape index (κ1) is 12.0. The van der Waals surface area contributed by atoms with Crippen molar-refractivity contribution in [1.29, 1.82) is 0 Å². The van der Waals surface area contributed by atoms with E-state index in [1.807, 2.05) is 18.2 Å². The van der Waals surface area contributed by atoms with Crippen molar-refractivity contribution in [2.45, 2.75) is 56.8 Å². The molecule has 1 saturated carbocycles. The number of fused-ring (bicyclic) bond motifs is 1. The van der Waals surface area contributed by atoms with Crippen molar-refractivity contribution < 1.29 is 14.9 Å². The van der Waals surface area contributed by atoms with E-state index >= 15 is 0 Å². The maximum atomic E-state index is 9.90. The zero-order valence-electron chi connectivity index (χ0n) is 10.5. The molecule has 0 spiro atoms. The van der Waals surface area contributed by atoms with Gasteiger partial charge in [0.15, 0.2) is 0 Å². The lowest BCUT2D eigenvalue weighted by atomic mass is 9.95. The Labute approximate surface area is 107 Å². The molecule has 0 aliphatic heterocycles. The van der Waals surface area contributed by atoms with Gasteiger partial charge < -0.3 is 14.9 Å². The number of hydrogen-bond acceptors (Lipinski definition) is 3. The molecule has 1 aromatic rings. The van der Waals surface area contributed by atoms with Crippen LogP contribution in [0.4, 0.5) is 0 Å². The Balaban J connectivity index is 1.73. The summed E-state index contributed by atoms with van der Waals surface area (Å²) in [7, 11) is 0. The van der Waals surface area contributed by atoms with Gasteiger partial charge in [-0.25, -0.2) is 0 Å². The molecule has 3 nitrogen and oxygen atoms in total. The van der Waals surface area contributed by atoms with Crippen LogP contribution >= 0.6 is 0 Å². The number of hydrogen-bond donors (Lipinski definition) is 2. The van der Waals surface area contributed by atoms with Crippen LogP contribution in [0.15, 0.2) is 18.2 Å². The second-order valence-corrected chi connectivity index (χ2v) is 5.42. The summed E-state index contributed by atoms with van der Waals surface area (Å²) in [5.74, 6) is 0.828. The molecule has 3 heteroatoms. The Kier molecular flexibility index (Phi) is 3.27. The third-order valence-electron chi connectivity index (χ3n) is 4.12. The van der Waals surface area contributed by atoms with Gasteiger partial charge in [0.2, 0.25) is 0 Å². The molecule has 2 N–H and O–H groups in total. The molecular formula is C15H20O3. The van der Waals surface area contributed by atoms with Crippen LogP contribution in [0.2, 0.25) is 0 Å². The lowest BCUT2D eigenvalue weighted by Gasteiger charge is -2.28. The Hall–Kier alpha value is -1.06. The first-order chi connectivity index (χ1) is 8.74. The van der Waals surface area contributed by atoms with Gasteiger partial charge in [-0.15, -0.1) is 0 Å². The smallest absolute Gasteiger partial charge is 0.124 e. The molecule has 98 valence electrons. The second-order valence-electron chi connectivity index (χ2n) is 5.42. The zero-order chi connectivity index (χ0) is 12.5. The van der Waals surface area contributed by atoms with Crippen molar-refractivity contribution in [2.75, 3.05) is 0 Å². The van der Waals surface area contributed by atoms with Crippen LogP contribution in [0.25, 0.3) is 0 Å². The fourth-order valence-electron chi connectivity index (χ4n) is 3.03. The Morgan fingerprint density at radius 2 is 1.89 bits per heavy atom. The monoisotopic (exact) mass is 248 g/mol. The molecule has 1 aromatic carbocycles. The highest BCUT2D eigenvalue weighted by atomic mass is 16.5. The molecule has 3 unspecified atom stereocenters. The van der Waals surface area contributed by atoms with Crippen molar-refractivity contribution in [3.63, 3.8) is 0 Å². The van der Waals surface area contributed by atoms with E-state index in [2.05, 4.69) is 0 Å². The standard InChI is InChI=1S/C15H20O3/c16-13-8-5-10-9-11(6-7-12(10)13)18-15-4-2-1-3-14(15)17/h6-7,9,13-17H,1-5,8H2. The van der Waals surface area contributed by atoms with Crippen molar-refractivity contribution in [3.05, 3.63) is 29.3 Å². The lowest BCUT2D eigenvalue weighted by Crippen LogP contribution is -2.34. The summed E-state index contributed by atoms with van der Waals surface area (Å²) < 4.78 is 5.90. The number of rotatable bonds is 2. The highest BCUT2D eigenvalue weighted by Crippen LogP contribution is 2.34. The molecule has 3 rings (SSSR count). The lowest BCUT2D eigenvalue weighted by molar-refractivity contribution is 0.00683. The van der Waals surface area contributed by atoms with Gasteiger partial charge in [-0.1, -0.05) is 12.5 Å². The van der Waals surface area contributed by atoms with Gasteiger partial charge in [-0.2, -0.15) is 0 Å². The first-order valence-corrected chi connectivity index (χ1v) is 6.89. The topological polar surface area (TPSA) is 49.7 Å². The number of aliphatic hydroxyl groups excluding tert-OH is 2. The predicted octanol–water partition coefficient (Wildman–Crippen LogP) is 2.35. The van der Waals surface area contributed by atoms with Crippen LogP contribution in [-0.4, -0.2) is 22.4 Å². The minimum absolute atomic E-state index is 0.0665. The number of benzene rings is 1. The van der Waals surface area contributed by atoms with Crippen LogP contribution < -0.4 is 4.74 Å². The average molecular weight is 248 g/mol. The fourth-order valence-corrected chi connectivity index (χ4v) is 3.03. The Morgan fingerprint density at radius 1 is 1.06 bits per heavy atom. The van der Waals surface area contributed by atoms with Crippen LogP contribution in [0.3, 0.4) is 0 Å². The van der Waals surface area contributed by atoms with Crippen molar-refractivity contribution in [1.82, 2.24) is 0 Å². The number of aryl methyl sites for hydroxylation is 1. The molecule has 0 heterocycles. The summed E-state index contributed by atoms with van der Waals surface area (Å²) in [4.78, 5) is 0. The summed E-state index contributed by atoms with van der Waals surface area (Å²) in [5.41, 5.74) is 2.22. The quantitative estimate of drug-likeness (QED) is 0.844. The molecule has 0 radical (unpaired) electrons. The van der Waals surface area contributed by atoms with Crippen molar-refractivity contribution >= 4 is 0 Å². The molecule has 18 heavy (non-hydrogen) atoms. The van der Waals surface area contributed by atoms with E-state index in [-0.39, 0.29) is 18.3 Å². The third kappa shape index (κ3) is 2.25. The summed E-state index contributed by atoms with van der Waals surface area (Å²) in [6.07, 6.45) is 5.01. The first-order valence-electron chi connectivity index (χ1n) is 6.89. The predicted molar refractivity (Wildman–Crippen MR) is 68.6 cm³/mol. The van der Waals surface area contributed by atoms with E-state index in [4.69, 9.17) is 4.74 Å². The summed E-state index contributed by atoms with van der Waals surface area (Å²) >= 11 is 0. The van der Waals surface area contributed by atoms with Crippen LogP contribution in [0.5, 0.6) is 5.75 Å². The SMILES string of the molecule is OC1CCc2cc(OC3CCCCC3O)ccc21. The molecule has 2 aliphatic carbocycles. The maximum absolute atomic E-state index is 9.90. The molecule has 2 aliphatic rings. The van der Waals surface area contributed by atoms with Crippen LogP contribution in [-0.2, 0) is 6.42 Å². The summed E-state index contributed by atoms with van der Waals surface area (Å²) in [6, 6.07) is 5.89. The summed E-state index contributed by atoms with van der Waals surface area (Å²) in [5, 5.41) is 19.7. The molecule has 1 fully saturated rings. The minimum Gasteiger partial charge on any atom is -0.488 e. The highest BCUT2D eigenvalue weighted by Gasteiger charge is 2.26. The van der Waals surface area contributed by atoms with Gasteiger partial charge in [0, 0.05) is 0 Å². The van der Waals surface area contributed by atoms with Gasteiger partial charge in [-0.3, -0.25) is 0 Å². The van der Waals surface area contributed by atoms with E-state index < -0.39 is 0 Å². The molecule has 3 atom stereocenters. The van der Waals surface area contributed by atoms with E-state index in [1.165, 1.54) is 5.56 Å². The largest absolute Gasteiger partial charge is 0.488 e. The molecule has 0 saturated heterocycles. The number of ether oxygens (including phenoxy) is 1. The minimum atomic E-state index is -0.336. The van der Waals surface area contributed by atoms with Gasteiger partial charge in [0.05, 0.1) is 12.2 Å². The van der Waals surface area contributed by atoms with Crippen LogP contribution in [0, 0.1) is 0 Å². The average Bonchev–Trinajstić information content (AvgIpc) is 2.74. The molecular weight excluding hydrogens is 228 g/mol. The van der Waals surface area contributed by atoms with Gasteiger partial charge in [0.1, 0.15) is 11.9 Å². The van der Waals surface area contributed by atoms with Gasteiger partial charge in [-0.05, 0) is 55.4 Å². The van der Waals surface area contributed by atoms with Gasteiger partial charge >= 0.3 is 0 Å². The van der Waals surface area contributed by atoms with E-state index in [0.29, 0.717) is 0 Å². The fraction of sp³-hybridized carbons (Fsp3) is 0.600. The van der Waals surface area contributed by atoms with E-state index in [1.54, 1.807) is 0 Å². The Morgan fingerprint density at radius 3 is 2.72 bits per heavy atom. The van der Waals surface area contributed by atoms with Crippen LogP contribution in [0.1, 0.15) is 49.3 Å². The normalized spacial score (nSPS) is 31.1. The zero-order valence-corrected chi connectivity index (χ0v) is 10.5. The van der Waals surface area contributed by atoms with Gasteiger partial charge in [0.25, 0.3) is 0 Å². The molecule has 0 aromatic heterocycles. The summed E-state index contributed by atoms with van der Waals surface area (Å²) in [6.45, 7) is 0. The van der Waals surface area contributed by atoms with E-state index in [9.17, 15) is 10.2 Å². The maximum Gasteiger partial charge on any atom is 0.124 e. The van der Waals surface area contributed by atoms with Crippen molar-refractivity contribution in [2.24, 2.45) is 0 Å². The molecule has 0 bridgehead atoms. The second kappa shape index (κ2) is 4.90. The molecule has 0 amide bonds. The third-order valence-corrected chi connectivity index (χ3v) is 4.12. The van der Waals surface area contributed by atoms with E-state index in [0.717, 1.165) is 49.8 Å².